The van der Waals surface area contributed by atoms with Gasteiger partial charge < -0.3 is 20.1 Å². The summed E-state index contributed by atoms with van der Waals surface area (Å²) in [5.74, 6) is 0.863. The van der Waals surface area contributed by atoms with E-state index in [4.69, 9.17) is 9.47 Å². The average molecular weight is 292 g/mol. The maximum absolute atomic E-state index is 12.2. The first-order valence-corrected chi connectivity index (χ1v) is 6.94. The molecule has 1 fully saturated rings. The Kier molecular flexibility index (Phi) is 5.03. The van der Waals surface area contributed by atoms with E-state index in [1.807, 2.05) is 0 Å². The fourth-order valence-electron chi connectivity index (χ4n) is 2.01. The van der Waals surface area contributed by atoms with Gasteiger partial charge >= 0.3 is 0 Å². The molecule has 114 valence electrons. The third-order valence-electron chi connectivity index (χ3n) is 3.31. The van der Waals surface area contributed by atoms with Crippen LogP contribution >= 0.6 is 0 Å². The van der Waals surface area contributed by atoms with Crippen molar-refractivity contribution in [2.24, 2.45) is 5.92 Å². The summed E-state index contributed by atoms with van der Waals surface area (Å²) < 4.78 is 10.4. The lowest BCUT2D eigenvalue weighted by molar-refractivity contribution is -0.122. The first-order valence-electron chi connectivity index (χ1n) is 6.94. The van der Waals surface area contributed by atoms with E-state index in [0.717, 1.165) is 12.8 Å². The first kappa shape index (κ1) is 15.2. The number of rotatable bonds is 7. The number of hydrogen-bond donors (Lipinski definition) is 2. The van der Waals surface area contributed by atoms with Crippen LogP contribution in [-0.4, -0.2) is 39.1 Å². The highest BCUT2D eigenvalue weighted by Crippen LogP contribution is 2.29. The van der Waals surface area contributed by atoms with E-state index in [1.54, 1.807) is 18.2 Å². The van der Waals surface area contributed by atoms with Gasteiger partial charge in [0.2, 0.25) is 5.91 Å². The molecule has 2 amide bonds. The molecule has 0 unspecified atom stereocenters. The number of nitrogens with one attached hydrogen (secondary N) is 2. The molecule has 1 aromatic carbocycles. The topological polar surface area (TPSA) is 76.7 Å². The Labute approximate surface area is 123 Å². The van der Waals surface area contributed by atoms with E-state index in [9.17, 15) is 9.59 Å². The van der Waals surface area contributed by atoms with Gasteiger partial charge in [-0.05, 0) is 25.0 Å². The normalized spacial score (nSPS) is 13.4. The molecule has 1 aliphatic carbocycles. The quantitative estimate of drug-likeness (QED) is 0.734. The Bertz CT molecular complexity index is 504. The Balaban J connectivity index is 1.88. The van der Waals surface area contributed by atoms with Crippen molar-refractivity contribution in [3.8, 4) is 11.5 Å². The number of carbonyl (C=O) groups excluding carboxylic acids is 2. The Morgan fingerprint density at radius 1 is 1.10 bits per heavy atom. The molecule has 0 bridgehead atoms. The van der Waals surface area contributed by atoms with E-state index in [2.05, 4.69) is 10.6 Å². The summed E-state index contributed by atoms with van der Waals surface area (Å²) in [4.78, 5) is 23.7. The highest BCUT2D eigenvalue weighted by atomic mass is 16.5. The van der Waals surface area contributed by atoms with Crippen molar-refractivity contribution < 1.29 is 19.1 Å². The Hall–Kier alpha value is -2.24. The maximum atomic E-state index is 12.2. The largest absolute Gasteiger partial charge is 0.496 e. The smallest absolute Gasteiger partial charge is 0.258 e. The van der Waals surface area contributed by atoms with E-state index in [0.29, 0.717) is 30.2 Å². The predicted octanol–water partition coefficient (Wildman–Crippen LogP) is 0.960. The molecule has 0 atom stereocenters. The minimum atomic E-state index is -0.287. The summed E-state index contributed by atoms with van der Waals surface area (Å²) in [6, 6.07) is 5.16. The molecule has 0 radical (unpaired) electrons. The number of carbonyl (C=O) groups is 2. The van der Waals surface area contributed by atoms with Gasteiger partial charge in [0.25, 0.3) is 5.91 Å². The summed E-state index contributed by atoms with van der Waals surface area (Å²) >= 11 is 0. The van der Waals surface area contributed by atoms with Crippen molar-refractivity contribution in [1.82, 2.24) is 10.6 Å². The molecular weight excluding hydrogens is 272 g/mol. The highest BCUT2D eigenvalue weighted by molar-refractivity contribution is 5.99. The summed E-state index contributed by atoms with van der Waals surface area (Å²) in [7, 11) is 3.00. The van der Waals surface area contributed by atoms with Crippen molar-refractivity contribution in [3.05, 3.63) is 23.8 Å². The molecule has 0 spiro atoms. The zero-order valence-corrected chi connectivity index (χ0v) is 12.3. The number of ether oxygens (including phenoxy) is 2. The molecular formula is C15H20N2O4. The standard InChI is InChI=1S/C15H20N2O4/c1-20-11-4-3-5-12(21-2)13(11)15(19)17-9-8-16-14(18)10-6-7-10/h3-5,10H,6-9H2,1-2H3,(H,16,18)(H,17,19). The lowest BCUT2D eigenvalue weighted by Crippen LogP contribution is -2.35. The van der Waals surface area contributed by atoms with Crippen LogP contribution in [0.25, 0.3) is 0 Å². The molecule has 0 saturated heterocycles. The lowest BCUT2D eigenvalue weighted by atomic mass is 10.1. The van der Waals surface area contributed by atoms with Crippen LogP contribution in [-0.2, 0) is 4.79 Å². The Morgan fingerprint density at radius 2 is 1.67 bits per heavy atom. The third kappa shape index (κ3) is 3.87. The molecule has 6 heteroatoms. The van der Waals surface area contributed by atoms with E-state index in [-0.39, 0.29) is 17.7 Å². The van der Waals surface area contributed by atoms with Crippen LogP contribution in [0.5, 0.6) is 11.5 Å². The number of hydrogen-bond acceptors (Lipinski definition) is 4. The molecule has 0 aliphatic heterocycles. The molecule has 21 heavy (non-hydrogen) atoms. The van der Waals surface area contributed by atoms with Crippen molar-refractivity contribution in [2.45, 2.75) is 12.8 Å². The molecule has 1 aliphatic rings. The molecule has 1 saturated carbocycles. The highest BCUT2D eigenvalue weighted by Gasteiger charge is 2.29. The van der Waals surface area contributed by atoms with E-state index >= 15 is 0 Å². The van der Waals surface area contributed by atoms with Gasteiger partial charge in [0.1, 0.15) is 17.1 Å². The van der Waals surface area contributed by atoms with Crippen LogP contribution < -0.4 is 20.1 Å². The van der Waals surface area contributed by atoms with Crippen LogP contribution in [0.2, 0.25) is 0 Å². The number of benzene rings is 1. The summed E-state index contributed by atoms with van der Waals surface area (Å²) in [6.45, 7) is 0.775. The van der Waals surface area contributed by atoms with Gasteiger partial charge in [-0.15, -0.1) is 0 Å². The zero-order valence-electron chi connectivity index (χ0n) is 12.3. The fraction of sp³-hybridized carbons (Fsp3) is 0.467. The fourth-order valence-corrected chi connectivity index (χ4v) is 2.01. The van der Waals surface area contributed by atoms with Gasteiger partial charge in [-0.2, -0.15) is 0 Å². The van der Waals surface area contributed by atoms with Gasteiger partial charge in [0, 0.05) is 19.0 Å². The summed E-state index contributed by atoms with van der Waals surface area (Å²) in [6.07, 6.45) is 1.94. The maximum Gasteiger partial charge on any atom is 0.258 e. The van der Waals surface area contributed by atoms with Gasteiger partial charge in [-0.1, -0.05) is 6.07 Å². The van der Waals surface area contributed by atoms with Crippen molar-refractivity contribution in [1.29, 1.82) is 0 Å². The molecule has 1 aromatic rings. The molecule has 2 N–H and O–H groups in total. The van der Waals surface area contributed by atoms with Gasteiger partial charge in [-0.25, -0.2) is 0 Å². The predicted molar refractivity (Wildman–Crippen MR) is 77.6 cm³/mol. The van der Waals surface area contributed by atoms with Crippen LogP contribution in [0, 0.1) is 5.92 Å². The van der Waals surface area contributed by atoms with Crippen molar-refractivity contribution >= 4 is 11.8 Å². The lowest BCUT2D eigenvalue weighted by Gasteiger charge is -2.13. The second-order valence-electron chi connectivity index (χ2n) is 4.86. The van der Waals surface area contributed by atoms with Gasteiger partial charge in [0.05, 0.1) is 14.2 Å². The SMILES string of the molecule is COc1cccc(OC)c1C(=O)NCCNC(=O)C1CC1. The zero-order chi connectivity index (χ0) is 15.2. The van der Waals surface area contributed by atoms with Crippen LogP contribution in [0.15, 0.2) is 18.2 Å². The summed E-state index contributed by atoms with van der Waals surface area (Å²) in [5, 5.41) is 5.54. The third-order valence-corrected chi connectivity index (χ3v) is 3.31. The molecule has 0 heterocycles. The Morgan fingerprint density at radius 3 is 2.19 bits per heavy atom. The van der Waals surface area contributed by atoms with Crippen molar-refractivity contribution in [2.75, 3.05) is 27.3 Å². The summed E-state index contributed by atoms with van der Waals surface area (Å²) in [5.41, 5.74) is 0.357. The van der Waals surface area contributed by atoms with E-state index in [1.165, 1.54) is 14.2 Å². The van der Waals surface area contributed by atoms with Gasteiger partial charge in [0.15, 0.2) is 0 Å². The van der Waals surface area contributed by atoms with Crippen LogP contribution in [0.4, 0.5) is 0 Å². The van der Waals surface area contributed by atoms with Crippen molar-refractivity contribution in [3.63, 3.8) is 0 Å². The number of methoxy groups -OCH3 is 2. The average Bonchev–Trinajstić information content (AvgIpc) is 3.34. The van der Waals surface area contributed by atoms with Crippen LogP contribution in [0.1, 0.15) is 23.2 Å². The molecule has 0 aromatic heterocycles. The monoisotopic (exact) mass is 292 g/mol. The minimum Gasteiger partial charge on any atom is -0.496 e. The second-order valence-corrected chi connectivity index (χ2v) is 4.86. The second kappa shape index (κ2) is 6.97. The first-order chi connectivity index (χ1) is 10.2. The van der Waals surface area contributed by atoms with Gasteiger partial charge in [-0.3, -0.25) is 9.59 Å². The molecule has 6 nitrogen and oxygen atoms in total. The van der Waals surface area contributed by atoms with E-state index < -0.39 is 0 Å². The van der Waals surface area contributed by atoms with Crippen LogP contribution in [0.3, 0.4) is 0 Å². The minimum absolute atomic E-state index is 0.0686. The number of amides is 2. The molecule has 2 rings (SSSR count).